The molecule has 162 valence electrons. The van der Waals surface area contributed by atoms with Gasteiger partial charge in [0.2, 0.25) is 0 Å². The molecular formula is C21H18BrF3N4OS. The number of para-hydroxylation sites is 1. The quantitative estimate of drug-likeness (QED) is 0.462. The highest BCUT2D eigenvalue weighted by Gasteiger charge is 2.48. The van der Waals surface area contributed by atoms with E-state index in [1.54, 1.807) is 4.90 Å². The predicted molar refractivity (Wildman–Crippen MR) is 117 cm³/mol. The van der Waals surface area contributed by atoms with Gasteiger partial charge < -0.3 is 10.2 Å². The number of nitrogens with one attached hydrogen (secondary N) is 1. The van der Waals surface area contributed by atoms with Crippen LogP contribution in [0.1, 0.15) is 45.9 Å². The average Bonchev–Trinajstić information content (AvgIpc) is 3.40. The molecule has 0 aliphatic carbocycles. The van der Waals surface area contributed by atoms with Gasteiger partial charge in [0.05, 0.1) is 10.5 Å². The molecule has 2 aliphatic heterocycles. The number of halogens is 4. The maximum Gasteiger partial charge on any atom is 0.410 e. The van der Waals surface area contributed by atoms with Crippen LogP contribution in [0.5, 0.6) is 0 Å². The molecule has 1 N–H and O–H groups in total. The normalized spacial score (nSPS) is 20.7. The number of hydrogen-bond donors (Lipinski definition) is 1. The van der Waals surface area contributed by atoms with E-state index in [9.17, 15) is 18.0 Å². The first kappa shape index (κ1) is 20.6. The molecule has 0 radical (unpaired) electrons. The van der Waals surface area contributed by atoms with Crippen molar-refractivity contribution in [3.63, 3.8) is 0 Å². The molecule has 10 heteroatoms. The van der Waals surface area contributed by atoms with Crippen LogP contribution in [-0.4, -0.2) is 28.4 Å². The molecule has 0 bridgehead atoms. The molecule has 0 spiro atoms. The molecule has 5 rings (SSSR count). The number of fused-ring (bicyclic) bond motifs is 2. The Morgan fingerprint density at radius 2 is 2.03 bits per heavy atom. The van der Waals surface area contributed by atoms with Crippen LogP contribution in [0.3, 0.4) is 0 Å². The fraction of sp³-hybridized carbons (Fsp3) is 0.333. The molecule has 2 aliphatic rings. The Bertz CT molecular complexity index is 1130. The molecule has 2 aromatic heterocycles. The second kappa shape index (κ2) is 7.67. The summed E-state index contributed by atoms with van der Waals surface area (Å²) in [4.78, 5) is 15.8. The third-order valence-corrected chi connectivity index (χ3v) is 7.48. The lowest BCUT2D eigenvalue weighted by molar-refractivity contribution is -0.173. The molecule has 0 unspecified atom stereocenters. The monoisotopic (exact) mass is 510 g/mol. The molecule has 5 nitrogen and oxygen atoms in total. The summed E-state index contributed by atoms with van der Waals surface area (Å²) in [6, 6.07) is 8.90. The van der Waals surface area contributed by atoms with Crippen molar-refractivity contribution in [2.24, 2.45) is 0 Å². The van der Waals surface area contributed by atoms with Crippen molar-refractivity contribution in [3.8, 4) is 0 Å². The maximum atomic E-state index is 13.9. The molecule has 1 amide bonds. The second-order valence-corrected chi connectivity index (χ2v) is 9.42. The number of anilines is 2. The minimum atomic E-state index is -4.49. The highest BCUT2D eigenvalue weighted by atomic mass is 79.9. The summed E-state index contributed by atoms with van der Waals surface area (Å²) in [5, 5.41) is 9.16. The predicted octanol–water partition coefficient (Wildman–Crippen LogP) is 5.96. The standard InChI is InChI=1S/C21H18BrF3N4OS/c22-17-18(20(30)28-9-3-6-12-5-1-2-7-14(12)28)27-29-16(21(23,24)25)11-13(26-19(17)29)15-8-4-10-31-15/h1-2,4-5,7-8,10,13,16,26H,3,6,9,11H2/t13-,16+/m0/s1. The van der Waals surface area contributed by atoms with Crippen molar-refractivity contribution < 1.29 is 18.0 Å². The van der Waals surface area contributed by atoms with Crippen LogP contribution in [0.15, 0.2) is 46.3 Å². The SMILES string of the molecule is O=C(c1nn2c(c1Br)N[C@H](c1cccs1)C[C@@H]2C(F)(F)F)N1CCCc2ccccc21. The molecule has 0 saturated carbocycles. The van der Waals surface area contributed by atoms with Gasteiger partial charge in [-0.25, -0.2) is 4.68 Å². The zero-order chi connectivity index (χ0) is 21.8. The third kappa shape index (κ3) is 3.55. The molecule has 0 fully saturated rings. The smallest absolute Gasteiger partial charge is 0.362 e. The van der Waals surface area contributed by atoms with Gasteiger partial charge in [-0.2, -0.15) is 18.3 Å². The van der Waals surface area contributed by atoms with Crippen LogP contribution >= 0.6 is 27.3 Å². The zero-order valence-electron chi connectivity index (χ0n) is 16.2. The van der Waals surface area contributed by atoms with Crippen LogP contribution in [0, 0.1) is 0 Å². The number of rotatable bonds is 2. The Morgan fingerprint density at radius 3 is 2.77 bits per heavy atom. The first-order valence-electron chi connectivity index (χ1n) is 9.89. The van der Waals surface area contributed by atoms with Crippen molar-refractivity contribution >= 4 is 44.7 Å². The van der Waals surface area contributed by atoms with Gasteiger partial charge in [0.15, 0.2) is 11.7 Å². The van der Waals surface area contributed by atoms with Gasteiger partial charge in [-0.1, -0.05) is 24.3 Å². The minimum absolute atomic E-state index is 0.0136. The van der Waals surface area contributed by atoms with Crippen molar-refractivity contribution in [1.29, 1.82) is 0 Å². The number of hydrogen-bond acceptors (Lipinski definition) is 4. The maximum absolute atomic E-state index is 13.9. The Morgan fingerprint density at radius 1 is 1.23 bits per heavy atom. The van der Waals surface area contributed by atoms with Gasteiger partial charge in [-0.3, -0.25) is 4.79 Å². The summed E-state index contributed by atoms with van der Waals surface area (Å²) < 4.78 is 43.0. The average molecular weight is 511 g/mol. The van der Waals surface area contributed by atoms with Crippen molar-refractivity contribution in [2.75, 3.05) is 16.8 Å². The summed E-state index contributed by atoms with van der Waals surface area (Å²) in [5.74, 6) is -0.225. The second-order valence-electron chi connectivity index (χ2n) is 7.65. The molecule has 2 atom stereocenters. The van der Waals surface area contributed by atoms with Gasteiger partial charge in [-0.05, 0) is 51.8 Å². The number of alkyl halides is 3. The molecule has 0 saturated heterocycles. The number of benzene rings is 1. The highest BCUT2D eigenvalue weighted by molar-refractivity contribution is 9.10. The Hall–Kier alpha value is -2.33. The van der Waals surface area contributed by atoms with Gasteiger partial charge in [0.25, 0.3) is 5.91 Å². The van der Waals surface area contributed by atoms with Crippen molar-refractivity contribution in [3.05, 3.63) is 62.4 Å². The number of aromatic nitrogens is 2. The number of thiophene rings is 1. The molecule has 3 aromatic rings. The summed E-state index contributed by atoms with van der Waals surface area (Å²) in [6.07, 6.45) is -3.03. The van der Waals surface area contributed by atoms with Crippen LogP contribution in [0.25, 0.3) is 0 Å². The molecule has 31 heavy (non-hydrogen) atoms. The van der Waals surface area contributed by atoms with Gasteiger partial charge in [-0.15, -0.1) is 11.3 Å². The number of carbonyl (C=O) groups excluding carboxylic acids is 1. The first-order chi connectivity index (χ1) is 14.8. The fourth-order valence-electron chi connectivity index (χ4n) is 4.27. The van der Waals surface area contributed by atoms with E-state index in [0.29, 0.717) is 6.54 Å². The Kier molecular flexibility index (Phi) is 5.09. The summed E-state index contributed by atoms with van der Waals surface area (Å²) >= 11 is 4.77. The minimum Gasteiger partial charge on any atom is -0.362 e. The van der Waals surface area contributed by atoms with E-state index in [0.717, 1.165) is 33.7 Å². The van der Waals surface area contributed by atoms with Crippen LogP contribution in [-0.2, 0) is 6.42 Å². The van der Waals surface area contributed by atoms with Gasteiger partial charge >= 0.3 is 6.18 Å². The largest absolute Gasteiger partial charge is 0.410 e. The van der Waals surface area contributed by atoms with E-state index in [2.05, 4.69) is 26.3 Å². The lowest BCUT2D eigenvalue weighted by Gasteiger charge is -2.33. The Labute approximate surface area is 189 Å². The van der Waals surface area contributed by atoms with E-state index in [1.807, 2.05) is 41.8 Å². The highest BCUT2D eigenvalue weighted by Crippen LogP contribution is 2.47. The molecule has 4 heterocycles. The Balaban J connectivity index is 1.56. The van der Waals surface area contributed by atoms with Gasteiger partial charge in [0, 0.05) is 23.5 Å². The molecule has 1 aromatic carbocycles. The van der Waals surface area contributed by atoms with E-state index >= 15 is 0 Å². The van der Waals surface area contributed by atoms with E-state index in [1.165, 1.54) is 11.3 Å². The summed E-state index contributed by atoms with van der Waals surface area (Å²) in [6.45, 7) is 0.498. The topological polar surface area (TPSA) is 50.2 Å². The van der Waals surface area contributed by atoms with Crippen molar-refractivity contribution in [2.45, 2.75) is 37.5 Å². The third-order valence-electron chi connectivity index (χ3n) is 5.74. The summed E-state index contributed by atoms with van der Waals surface area (Å²) in [5.41, 5.74) is 1.82. The van der Waals surface area contributed by atoms with Crippen LogP contribution in [0.2, 0.25) is 0 Å². The van der Waals surface area contributed by atoms with E-state index in [-0.39, 0.29) is 22.4 Å². The lowest BCUT2D eigenvalue weighted by atomic mass is 10.0. The number of amides is 1. The number of aryl methyl sites for hydroxylation is 1. The zero-order valence-corrected chi connectivity index (χ0v) is 18.6. The number of nitrogens with zero attached hydrogens (tertiary/aromatic N) is 3. The molecular weight excluding hydrogens is 493 g/mol. The van der Waals surface area contributed by atoms with Crippen LogP contribution in [0.4, 0.5) is 24.7 Å². The number of carbonyl (C=O) groups is 1. The van der Waals surface area contributed by atoms with Gasteiger partial charge in [0.1, 0.15) is 5.82 Å². The van der Waals surface area contributed by atoms with Crippen molar-refractivity contribution in [1.82, 2.24) is 9.78 Å². The first-order valence-corrected chi connectivity index (χ1v) is 11.6. The lowest BCUT2D eigenvalue weighted by Crippen LogP contribution is -2.37. The van der Waals surface area contributed by atoms with Crippen LogP contribution < -0.4 is 10.2 Å². The fourth-order valence-corrected chi connectivity index (χ4v) is 5.61. The summed E-state index contributed by atoms with van der Waals surface area (Å²) in [7, 11) is 0. The van der Waals surface area contributed by atoms with E-state index < -0.39 is 24.2 Å². The van der Waals surface area contributed by atoms with E-state index in [4.69, 9.17) is 0 Å².